The van der Waals surface area contributed by atoms with Gasteiger partial charge in [0.25, 0.3) is 5.69 Å². The first-order valence-corrected chi connectivity index (χ1v) is 4.52. The van der Waals surface area contributed by atoms with Crippen LogP contribution in [0.1, 0.15) is 24.0 Å². The molecule has 0 amide bonds. The third kappa shape index (κ3) is 2.72. The van der Waals surface area contributed by atoms with E-state index in [1.165, 1.54) is 6.92 Å². The highest BCUT2D eigenvalue weighted by Gasteiger charge is 2.36. The molecule has 0 saturated carbocycles. The fourth-order valence-electron chi connectivity index (χ4n) is 1.35. The minimum atomic E-state index is -4.72. The molecule has 1 aromatic carbocycles. The Labute approximate surface area is 94.4 Å². The van der Waals surface area contributed by atoms with Gasteiger partial charge in [-0.15, -0.1) is 0 Å². The molecule has 0 aliphatic carbocycles. The molecule has 1 unspecified atom stereocenters. The second-order valence-electron chi connectivity index (χ2n) is 3.38. The predicted molar refractivity (Wildman–Crippen MR) is 52.1 cm³/mol. The van der Waals surface area contributed by atoms with Crippen LogP contribution in [0.3, 0.4) is 0 Å². The summed E-state index contributed by atoms with van der Waals surface area (Å²) in [6.45, 7) is 1.30. The SMILES string of the molecule is CC(C#N)c1ccc([N+](=O)[O-])cc1C(F)(F)F. The van der Waals surface area contributed by atoms with E-state index < -0.39 is 28.3 Å². The summed E-state index contributed by atoms with van der Waals surface area (Å²) in [6, 6.07) is 4.04. The van der Waals surface area contributed by atoms with Gasteiger partial charge in [0.1, 0.15) is 0 Å². The minimum absolute atomic E-state index is 0.259. The van der Waals surface area contributed by atoms with Crippen LogP contribution in [0, 0.1) is 21.4 Å². The summed E-state index contributed by atoms with van der Waals surface area (Å²) in [7, 11) is 0. The molecule has 90 valence electrons. The summed E-state index contributed by atoms with van der Waals surface area (Å²) >= 11 is 0. The van der Waals surface area contributed by atoms with Crippen LogP contribution in [0.4, 0.5) is 18.9 Å². The highest BCUT2D eigenvalue weighted by atomic mass is 19.4. The zero-order valence-electron chi connectivity index (χ0n) is 8.65. The standard InChI is InChI=1S/C10H7F3N2O2/c1-6(5-14)8-3-2-7(15(16)17)4-9(8)10(11,12)13/h2-4,6H,1H3. The molecule has 0 radical (unpaired) electrons. The fourth-order valence-corrected chi connectivity index (χ4v) is 1.35. The number of nitrogens with zero attached hydrogens (tertiary/aromatic N) is 2. The molecule has 1 rings (SSSR count). The van der Waals surface area contributed by atoms with Crippen LogP contribution in [-0.4, -0.2) is 4.92 Å². The summed E-state index contributed by atoms with van der Waals surface area (Å²) < 4.78 is 38.0. The lowest BCUT2D eigenvalue weighted by molar-refractivity contribution is -0.385. The van der Waals surface area contributed by atoms with Gasteiger partial charge in [-0.3, -0.25) is 10.1 Å². The van der Waals surface area contributed by atoms with Crippen LogP contribution in [0.15, 0.2) is 18.2 Å². The molecule has 4 nitrogen and oxygen atoms in total. The summed E-state index contributed by atoms with van der Waals surface area (Å²) in [5.74, 6) is -0.979. The van der Waals surface area contributed by atoms with Gasteiger partial charge >= 0.3 is 6.18 Å². The Morgan fingerprint density at radius 2 is 2.06 bits per heavy atom. The van der Waals surface area contributed by atoms with E-state index in [0.29, 0.717) is 6.07 Å². The highest BCUT2D eigenvalue weighted by molar-refractivity contribution is 5.44. The number of alkyl halides is 3. The molecule has 0 spiro atoms. The van der Waals surface area contributed by atoms with Gasteiger partial charge < -0.3 is 0 Å². The molecule has 0 aliphatic heterocycles. The molecule has 0 heterocycles. The Hall–Kier alpha value is -2.10. The van der Waals surface area contributed by atoms with E-state index >= 15 is 0 Å². The van der Waals surface area contributed by atoms with Crippen molar-refractivity contribution in [3.05, 3.63) is 39.4 Å². The third-order valence-corrected chi connectivity index (χ3v) is 2.21. The average Bonchev–Trinajstić information content (AvgIpc) is 2.26. The zero-order chi connectivity index (χ0) is 13.2. The Morgan fingerprint density at radius 3 is 2.47 bits per heavy atom. The lowest BCUT2D eigenvalue weighted by Gasteiger charge is -2.13. The van der Waals surface area contributed by atoms with Crippen molar-refractivity contribution in [3.8, 4) is 6.07 Å². The quantitative estimate of drug-likeness (QED) is 0.592. The van der Waals surface area contributed by atoms with E-state index in [1.807, 2.05) is 0 Å². The van der Waals surface area contributed by atoms with Crippen LogP contribution in [0.2, 0.25) is 0 Å². The molecule has 0 N–H and O–H groups in total. The Balaban J connectivity index is 3.43. The van der Waals surface area contributed by atoms with Gasteiger partial charge in [0, 0.05) is 12.1 Å². The van der Waals surface area contributed by atoms with Gasteiger partial charge in [-0.25, -0.2) is 0 Å². The van der Waals surface area contributed by atoms with E-state index in [4.69, 9.17) is 5.26 Å². The topological polar surface area (TPSA) is 66.9 Å². The molecule has 0 fully saturated rings. The maximum absolute atomic E-state index is 12.7. The van der Waals surface area contributed by atoms with Crippen LogP contribution in [0.5, 0.6) is 0 Å². The number of hydrogen-bond donors (Lipinski definition) is 0. The molecule has 1 aromatic rings. The minimum Gasteiger partial charge on any atom is -0.258 e. The number of nitro groups is 1. The van der Waals surface area contributed by atoms with Crippen molar-refractivity contribution >= 4 is 5.69 Å². The van der Waals surface area contributed by atoms with Crippen molar-refractivity contribution in [2.45, 2.75) is 19.0 Å². The lowest BCUT2D eigenvalue weighted by Crippen LogP contribution is -2.11. The lowest BCUT2D eigenvalue weighted by atomic mass is 9.96. The maximum atomic E-state index is 12.7. The number of hydrogen-bond acceptors (Lipinski definition) is 3. The highest BCUT2D eigenvalue weighted by Crippen LogP contribution is 2.37. The van der Waals surface area contributed by atoms with Crippen molar-refractivity contribution in [2.75, 3.05) is 0 Å². The van der Waals surface area contributed by atoms with Gasteiger partial charge in [0.2, 0.25) is 0 Å². The first-order chi connectivity index (χ1) is 7.77. The van der Waals surface area contributed by atoms with Crippen molar-refractivity contribution < 1.29 is 18.1 Å². The van der Waals surface area contributed by atoms with Gasteiger partial charge in [-0.1, -0.05) is 6.07 Å². The van der Waals surface area contributed by atoms with Gasteiger partial charge in [-0.2, -0.15) is 18.4 Å². The molecule has 0 bridgehead atoms. The van der Waals surface area contributed by atoms with Crippen LogP contribution < -0.4 is 0 Å². The molecule has 17 heavy (non-hydrogen) atoms. The molecule has 7 heteroatoms. The maximum Gasteiger partial charge on any atom is 0.416 e. The van der Waals surface area contributed by atoms with Gasteiger partial charge in [0.15, 0.2) is 0 Å². The number of rotatable bonds is 2. The largest absolute Gasteiger partial charge is 0.416 e. The summed E-state index contributed by atoms with van der Waals surface area (Å²) in [6.07, 6.45) is -4.72. The second kappa shape index (κ2) is 4.41. The number of non-ortho nitro benzene ring substituents is 1. The van der Waals surface area contributed by atoms with Crippen LogP contribution >= 0.6 is 0 Å². The number of nitro benzene ring substituents is 1. The number of nitriles is 1. The molecular formula is C10H7F3N2O2. The first-order valence-electron chi connectivity index (χ1n) is 4.52. The average molecular weight is 244 g/mol. The molecular weight excluding hydrogens is 237 g/mol. The molecule has 0 saturated heterocycles. The van der Waals surface area contributed by atoms with E-state index in [0.717, 1.165) is 12.1 Å². The number of halogens is 3. The normalized spacial score (nSPS) is 12.9. The summed E-state index contributed by atoms with van der Waals surface area (Å²) in [5.41, 5.74) is -2.04. The van der Waals surface area contributed by atoms with E-state index in [9.17, 15) is 23.3 Å². The predicted octanol–water partition coefficient (Wildman–Crippen LogP) is 3.24. The van der Waals surface area contributed by atoms with E-state index in [-0.39, 0.29) is 5.56 Å². The molecule has 0 aromatic heterocycles. The molecule has 0 aliphatic rings. The van der Waals surface area contributed by atoms with Gasteiger partial charge in [0.05, 0.1) is 22.5 Å². The van der Waals surface area contributed by atoms with E-state index in [2.05, 4.69) is 0 Å². The van der Waals surface area contributed by atoms with Crippen molar-refractivity contribution in [1.82, 2.24) is 0 Å². The van der Waals surface area contributed by atoms with Crippen molar-refractivity contribution in [1.29, 1.82) is 5.26 Å². The Bertz CT molecular complexity index is 491. The Morgan fingerprint density at radius 1 is 1.47 bits per heavy atom. The zero-order valence-corrected chi connectivity index (χ0v) is 8.65. The first kappa shape index (κ1) is 13.0. The smallest absolute Gasteiger partial charge is 0.258 e. The Kier molecular flexibility index (Phi) is 3.36. The molecule has 1 atom stereocenters. The summed E-state index contributed by atoms with van der Waals surface area (Å²) in [4.78, 5) is 9.50. The second-order valence-corrected chi connectivity index (χ2v) is 3.38. The van der Waals surface area contributed by atoms with Gasteiger partial charge in [-0.05, 0) is 12.5 Å². The third-order valence-electron chi connectivity index (χ3n) is 2.21. The van der Waals surface area contributed by atoms with Crippen molar-refractivity contribution in [3.63, 3.8) is 0 Å². The van der Waals surface area contributed by atoms with Crippen molar-refractivity contribution in [2.24, 2.45) is 0 Å². The monoisotopic (exact) mass is 244 g/mol. The van der Waals surface area contributed by atoms with Crippen LogP contribution in [0.25, 0.3) is 0 Å². The van der Waals surface area contributed by atoms with E-state index in [1.54, 1.807) is 6.07 Å². The summed E-state index contributed by atoms with van der Waals surface area (Å²) in [5, 5.41) is 19.0. The number of benzene rings is 1. The van der Waals surface area contributed by atoms with Crippen LogP contribution in [-0.2, 0) is 6.18 Å². The fraction of sp³-hybridized carbons (Fsp3) is 0.300.